The van der Waals surface area contributed by atoms with Crippen LogP contribution in [0.3, 0.4) is 0 Å². The van der Waals surface area contributed by atoms with Gasteiger partial charge < -0.3 is 10.3 Å². The van der Waals surface area contributed by atoms with Crippen LogP contribution in [0.1, 0.15) is 6.92 Å². The summed E-state index contributed by atoms with van der Waals surface area (Å²) in [6.45, 7) is 2.51. The van der Waals surface area contributed by atoms with Crippen LogP contribution in [-0.4, -0.2) is 9.55 Å². The molecule has 0 atom stereocenters. The van der Waals surface area contributed by atoms with E-state index in [0.717, 1.165) is 0 Å². The molecule has 0 unspecified atom stereocenters. The van der Waals surface area contributed by atoms with E-state index in [0.29, 0.717) is 6.54 Å². The highest BCUT2D eigenvalue weighted by molar-refractivity contribution is 5.21. The van der Waals surface area contributed by atoms with Gasteiger partial charge in [0.25, 0.3) is 5.56 Å². The lowest BCUT2D eigenvalue weighted by Crippen LogP contribution is -2.22. The Hall–Kier alpha value is -1.32. The Morgan fingerprint density at radius 2 is 2.50 bits per heavy atom. The number of hydrogen-bond donors (Lipinski definition) is 1. The number of nitrogen functional groups attached to an aromatic ring is 1. The molecule has 1 rings (SSSR count). The van der Waals surface area contributed by atoms with Crippen LogP contribution in [0.2, 0.25) is 0 Å². The van der Waals surface area contributed by atoms with Gasteiger partial charge in [-0.15, -0.1) is 0 Å². The van der Waals surface area contributed by atoms with Crippen LogP contribution < -0.4 is 11.3 Å². The number of nitrogens with two attached hydrogens (primary N) is 1. The quantitative estimate of drug-likeness (QED) is 0.588. The summed E-state index contributed by atoms with van der Waals surface area (Å²) in [7, 11) is 0. The summed E-state index contributed by atoms with van der Waals surface area (Å²) in [5, 5.41) is 0. The molecule has 0 fully saturated rings. The number of anilines is 1. The molecule has 0 aliphatic carbocycles. The molecule has 0 aromatic carbocycles. The average Bonchev–Trinajstić information content (AvgIpc) is 1.95. The number of aryl methyl sites for hydroxylation is 1. The first-order chi connectivity index (χ1) is 4.75. The number of rotatable bonds is 1. The maximum atomic E-state index is 11.0. The molecular formula is C6H9N3O. The minimum Gasteiger partial charge on any atom is -0.379 e. The molecule has 2 N–H and O–H groups in total. The summed E-state index contributed by atoms with van der Waals surface area (Å²) in [6.07, 6.45) is 3.12. The fourth-order valence-electron chi connectivity index (χ4n) is 0.713. The summed E-state index contributed by atoms with van der Waals surface area (Å²) in [5.41, 5.74) is 5.03. The van der Waals surface area contributed by atoms with Gasteiger partial charge in [0.05, 0.1) is 0 Å². The second kappa shape index (κ2) is 2.51. The predicted molar refractivity (Wildman–Crippen MR) is 38.6 cm³/mol. The summed E-state index contributed by atoms with van der Waals surface area (Å²) in [5.74, 6) is 0.0596. The Morgan fingerprint density at radius 3 is 3.00 bits per heavy atom. The van der Waals surface area contributed by atoms with E-state index in [4.69, 9.17) is 5.73 Å². The summed E-state index contributed by atoms with van der Waals surface area (Å²) >= 11 is 0. The number of hydrogen-bond acceptors (Lipinski definition) is 3. The molecular weight excluding hydrogens is 130 g/mol. The van der Waals surface area contributed by atoms with E-state index in [2.05, 4.69) is 4.98 Å². The van der Waals surface area contributed by atoms with E-state index < -0.39 is 0 Å². The van der Waals surface area contributed by atoms with Crippen molar-refractivity contribution in [3.63, 3.8) is 0 Å². The van der Waals surface area contributed by atoms with Crippen molar-refractivity contribution in [2.75, 3.05) is 5.73 Å². The van der Waals surface area contributed by atoms with Crippen LogP contribution in [0, 0.1) is 0 Å². The standard InChI is InChI=1S/C6H9N3O/c1-2-9-4-3-8-5(7)6(9)10/h3-4H,2H2,1H3,(H2,7,8). The van der Waals surface area contributed by atoms with Crippen LogP contribution in [0.15, 0.2) is 17.2 Å². The Kier molecular flexibility index (Phi) is 1.71. The first-order valence-corrected chi connectivity index (χ1v) is 3.06. The molecule has 0 saturated carbocycles. The van der Waals surface area contributed by atoms with Gasteiger partial charge in [0, 0.05) is 18.9 Å². The molecule has 4 heteroatoms. The van der Waals surface area contributed by atoms with E-state index >= 15 is 0 Å². The summed E-state index contributed by atoms with van der Waals surface area (Å²) < 4.78 is 1.50. The van der Waals surface area contributed by atoms with Crippen molar-refractivity contribution in [2.45, 2.75) is 13.5 Å². The third-order valence-electron chi connectivity index (χ3n) is 1.28. The topological polar surface area (TPSA) is 60.9 Å². The first kappa shape index (κ1) is 6.80. The average molecular weight is 139 g/mol. The molecule has 1 heterocycles. The Bertz CT molecular complexity index is 279. The molecule has 0 aliphatic heterocycles. The highest BCUT2D eigenvalue weighted by Crippen LogP contribution is 1.83. The second-order valence-corrected chi connectivity index (χ2v) is 1.90. The normalized spacial score (nSPS) is 9.70. The molecule has 0 radical (unpaired) electrons. The highest BCUT2D eigenvalue weighted by Gasteiger charge is 1.95. The fraction of sp³-hybridized carbons (Fsp3) is 0.333. The number of nitrogens with zero attached hydrogens (tertiary/aromatic N) is 2. The maximum absolute atomic E-state index is 11.0. The predicted octanol–water partition coefficient (Wildman–Crippen LogP) is -0.155. The molecule has 1 aromatic rings. The summed E-state index contributed by atoms with van der Waals surface area (Å²) in [6, 6.07) is 0. The Balaban J connectivity index is 3.28. The monoisotopic (exact) mass is 139 g/mol. The fourth-order valence-corrected chi connectivity index (χ4v) is 0.713. The van der Waals surface area contributed by atoms with Gasteiger partial charge in [-0.25, -0.2) is 4.98 Å². The van der Waals surface area contributed by atoms with Crippen molar-refractivity contribution < 1.29 is 0 Å². The van der Waals surface area contributed by atoms with Gasteiger partial charge in [-0.2, -0.15) is 0 Å². The molecule has 10 heavy (non-hydrogen) atoms. The van der Waals surface area contributed by atoms with Gasteiger partial charge in [0.1, 0.15) is 0 Å². The van der Waals surface area contributed by atoms with Crippen molar-refractivity contribution in [1.29, 1.82) is 0 Å². The molecule has 54 valence electrons. The van der Waals surface area contributed by atoms with Crippen LogP contribution in [0.5, 0.6) is 0 Å². The third kappa shape index (κ3) is 1.00. The van der Waals surface area contributed by atoms with Crippen molar-refractivity contribution in [1.82, 2.24) is 9.55 Å². The van der Waals surface area contributed by atoms with E-state index in [-0.39, 0.29) is 11.4 Å². The SMILES string of the molecule is CCn1ccnc(N)c1=O. The van der Waals surface area contributed by atoms with Crippen LogP contribution in [0.4, 0.5) is 5.82 Å². The van der Waals surface area contributed by atoms with Gasteiger partial charge in [-0.1, -0.05) is 0 Å². The summed E-state index contributed by atoms with van der Waals surface area (Å²) in [4.78, 5) is 14.6. The largest absolute Gasteiger partial charge is 0.379 e. The van der Waals surface area contributed by atoms with Crippen LogP contribution in [0.25, 0.3) is 0 Å². The second-order valence-electron chi connectivity index (χ2n) is 1.90. The van der Waals surface area contributed by atoms with Gasteiger partial charge in [0.2, 0.25) is 0 Å². The molecule has 0 spiro atoms. The van der Waals surface area contributed by atoms with Crippen molar-refractivity contribution in [3.8, 4) is 0 Å². The lowest BCUT2D eigenvalue weighted by atomic mass is 10.6. The molecule has 0 saturated heterocycles. The molecule has 0 aliphatic rings. The maximum Gasteiger partial charge on any atom is 0.293 e. The smallest absolute Gasteiger partial charge is 0.293 e. The molecule has 4 nitrogen and oxygen atoms in total. The highest BCUT2D eigenvalue weighted by atomic mass is 16.1. The Labute approximate surface area is 58.3 Å². The first-order valence-electron chi connectivity index (χ1n) is 3.06. The zero-order chi connectivity index (χ0) is 7.56. The Morgan fingerprint density at radius 1 is 1.80 bits per heavy atom. The lowest BCUT2D eigenvalue weighted by molar-refractivity contribution is 0.721. The lowest BCUT2D eigenvalue weighted by Gasteiger charge is -1.98. The van der Waals surface area contributed by atoms with Crippen LogP contribution in [-0.2, 0) is 6.54 Å². The van der Waals surface area contributed by atoms with Crippen molar-refractivity contribution >= 4 is 5.82 Å². The number of aromatic nitrogens is 2. The van der Waals surface area contributed by atoms with E-state index in [1.165, 1.54) is 10.8 Å². The zero-order valence-corrected chi connectivity index (χ0v) is 5.74. The van der Waals surface area contributed by atoms with E-state index in [1.54, 1.807) is 6.20 Å². The van der Waals surface area contributed by atoms with Crippen LogP contribution >= 0.6 is 0 Å². The van der Waals surface area contributed by atoms with Gasteiger partial charge in [-0.3, -0.25) is 4.79 Å². The minimum absolute atomic E-state index is 0.0596. The third-order valence-corrected chi connectivity index (χ3v) is 1.28. The van der Waals surface area contributed by atoms with E-state index in [1.807, 2.05) is 6.92 Å². The van der Waals surface area contributed by atoms with Crippen molar-refractivity contribution in [2.24, 2.45) is 0 Å². The molecule has 0 bridgehead atoms. The van der Waals surface area contributed by atoms with Gasteiger partial charge >= 0.3 is 0 Å². The van der Waals surface area contributed by atoms with Crippen molar-refractivity contribution in [3.05, 3.63) is 22.7 Å². The molecule has 0 amide bonds. The van der Waals surface area contributed by atoms with Gasteiger partial charge in [0.15, 0.2) is 5.82 Å². The van der Waals surface area contributed by atoms with Gasteiger partial charge in [-0.05, 0) is 6.92 Å². The molecule has 1 aromatic heterocycles. The van der Waals surface area contributed by atoms with E-state index in [9.17, 15) is 4.79 Å². The minimum atomic E-state index is -0.218. The zero-order valence-electron chi connectivity index (χ0n) is 5.74.